The number of rotatable bonds is 6. The molecule has 0 aromatic heterocycles. The zero-order valence-corrected chi connectivity index (χ0v) is 13.1. The third-order valence-corrected chi connectivity index (χ3v) is 4.43. The Morgan fingerprint density at radius 2 is 2.22 bits per heavy atom. The average molecular weight is 333 g/mol. The van der Waals surface area contributed by atoms with E-state index in [-0.39, 0.29) is 6.10 Å². The summed E-state index contributed by atoms with van der Waals surface area (Å²) in [6.07, 6.45) is 3.75. The molecular formula is C14H19BrClNO. The fourth-order valence-corrected chi connectivity index (χ4v) is 3.17. The van der Waals surface area contributed by atoms with Crippen LogP contribution in [-0.4, -0.2) is 26.3 Å². The van der Waals surface area contributed by atoms with Crippen LogP contribution in [0.15, 0.2) is 22.7 Å². The molecule has 1 aromatic carbocycles. The summed E-state index contributed by atoms with van der Waals surface area (Å²) in [7, 11) is 3.79. The van der Waals surface area contributed by atoms with Crippen LogP contribution in [0, 0.1) is 5.92 Å². The number of likely N-dealkylation sites (N-methyl/N-ethyl adjacent to an activating group) is 1. The van der Waals surface area contributed by atoms with E-state index in [0.29, 0.717) is 12.0 Å². The molecule has 4 heteroatoms. The monoisotopic (exact) mass is 331 g/mol. The van der Waals surface area contributed by atoms with E-state index in [1.54, 1.807) is 7.11 Å². The average Bonchev–Trinajstić information content (AvgIpc) is 3.16. The van der Waals surface area contributed by atoms with E-state index < -0.39 is 0 Å². The molecule has 1 fully saturated rings. The van der Waals surface area contributed by atoms with E-state index in [1.807, 2.05) is 19.2 Å². The van der Waals surface area contributed by atoms with Gasteiger partial charge in [0, 0.05) is 22.6 Å². The molecule has 2 unspecified atom stereocenters. The van der Waals surface area contributed by atoms with Crippen molar-refractivity contribution in [3.63, 3.8) is 0 Å². The largest absolute Gasteiger partial charge is 0.380 e. The lowest BCUT2D eigenvalue weighted by Gasteiger charge is -2.26. The minimum Gasteiger partial charge on any atom is -0.380 e. The summed E-state index contributed by atoms with van der Waals surface area (Å²) < 4.78 is 6.66. The Morgan fingerprint density at radius 1 is 1.50 bits per heavy atom. The summed E-state index contributed by atoms with van der Waals surface area (Å²) in [5, 5.41) is 4.18. The van der Waals surface area contributed by atoms with E-state index in [9.17, 15) is 0 Å². The van der Waals surface area contributed by atoms with Gasteiger partial charge in [-0.15, -0.1) is 0 Å². The van der Waals surface area contributed by atoms with Gasteiger partial charge in [0.15, 0.2) is 0 Å². The van der Waals surface area contributed by atoms with E-state index in [2.05, 4.69) is 27.3 Å². The van der Waals surface area contributed by atoms with E-state index >= 15 is 0 Å². The summed E-state index contributed by atoms with van der Waals surface area (Å²) in [6.45, 7) is 0. The third kappa shape index (κ3) is 3.47. The van der Waals surface area contributed by atoms with Gasteiger partial charge in [0.1, 0.15) is 0 Å². The molecule has 0 aliphatic heterocycles. The van der Waals surface area contributed by atoms with Crippen molar-refractivity contribution in [2.75, 3.05) is 14.2 Å². The smallest absolute Gasteiger partial charge is 0.0755 e. The predicted octanol–water partition coefficient (Wildman–Crippen LogP) is 3.66. The summed E-state index contributed by atoms with van der Waals surface area (Å²) in [5.41, 5.74) is 1.17. The van der Waals surface area contributed by atoms with E-state index in [1.165, 1.54) is 18.4 Å². The summed E-state index contributed by atoms with van der Waals surface area (Å²) in [6, 6.07) is 6.38. The summed E-state index contributed by atoms with van der Waals surface area (Å²) >= 11 is 9.71. The summed E-state index contributed by atoms with van der Waals surface area (Å²) in [4.78, 5) is 0. The van der Waals surface area contributed by atoms with Gasteiger partial charge in [-0.1, -0.05) is 33.6 Å². The van der Waals surface area contributed by atoms with Crippen LogP contribution in [0.2, 0.25) is 5.02 Å². The zero-order chi connectivity index (χ0) is 13.1. The molecule has 0 saturated heterocycles. The molecule has 1 aliphatic carbocycles. The predicted molar refractivity (Wildman–Crippen MR) is 79.2 cm³/mol. The first-order valence-corrected chi connectivity index (χ1v) is 7.46. The molecule has 1 N–H and O–H groups in total. The fourth-order valence-electron chi connectivity index (χ4n) is 2.42. The Labute approximate surface area is 122 Å². The lowest BCUT2D eigenvalue weighted by atomic mass is 9.98. The second-order valence-corrected chi connectivity index (χ2v) is 6.20. The van der Waals surface area contributed by atoms with Crippen molar-refractivity contribution in [3.05, 3.63) is 33.3 Å². The molecule has 0 bridgehead atoms. The SMILES string of the molecule is CNC(Cc1ccc(Br)cc1Cl)C(OC)C1CC1. The number of benzene rings is 1. The zero-order valence-electron chi connectivity index (χ0n) is 10.7. The van der Waals surface area contributed by atoms with Crippen molar-refractivity contribution in [2.45, 2.75) is 31.4 Å². The standard InChI is InChI=1S/C14H19BrClNO/c1-17-13(14(18-2)9-3-4-9)7-10-5-6-11(15)8-12(10)16/h5-6,8-9,13-14,17H,3-4,7H2,1-2H3. The molecule has 100 valence electrons. The Morgan fingerprint density at radius 3 is 2.72 bits per heavy atom. The van der Waals surface area contributed by atoms with Gasteiger partial charge in [0.25, 0.3) is 0 Å². The Hall–Kier alpha value is -0.0900. The molecule has 0 spiro atoms. The summed E-state index contributed by atoms with van der Waals surface area (Å²) in [5.74, 6) is 0.710. The van der Waals surface area contributed by atoms with Gasteiger partial charge in [-0.2, -0.15) is 0 Å². The molecule has 1 saturated carbocycles. The van der Waals surface area contributed by atoms with Crippen LogP contribution in [0.4, 0.5) is 0 Å². The maximum Gasteiger partial charge on any atom is 0.0755 e. The highest BCUT2D eigenvalue weighted by Crippen LogP contribution is 2.36. The molecule has 2 rings (SSSR count). The van der Waals surface area contributed by atoms with E-state index in [0.717, 1.165) is 15.9 Å². The minimum atomic E-state index is 0.287. The van der Waals surface area contributed by atoms with Crippen molar-refractivity contribution in [2.24, 2.45) is 5.92 Å². The van der Waals surface area contributed by atoms with Gasteiger partial charge < -0.3 is 10.1 Å². The molecule has 18 heavy (non-hydrogen) atoms. The van der Waals surface area contributed by atoms with Gasteiger partial charge in [-0.25, -0.2) is 0 Å². The highest BCUT2D eigenvalue weighted by atomic mass is 79.9. The first kappa shape index (κ1) is 14.3. The normalized spacial score (nSPS) is 18.7. The van der Waals surface area contributed by atoms with Gasteiger partial charge >= 0.3 is 0 Å². The van der Waals surface area contributed by atoms with Crippen molar-refractivity contribution in [1.29, 1.82) is 0 Å². The first-order valence-electron chi connectivity index (χ1n) is 6.29. The Bertz CT molecular complexity index is 409. The van der Waals surface area contributed by atoms with Crippen LogP contribution in [0.1, 0.15) is 18.4 Å². The first-order chi connectivity index (χ1) is 8.65. The topological polar surface area (TPSA) is 21.3 Å². The lowest BCUT2D eigenvalue weighted by molar-refractivity contribution is 0.0534. The van der Waals surface area contributed by atoms with Crippen molar-refractivity contribution in [1.82, 2.24) is 5.32 Å². The molecule has 1 aromatic rings. The van der Waals surface area contributed by atoms with Gasteiger partial charge in [-0.3, -0.25) is 0 Å². The van der Waals surface area contributed by atoms with Crippen LogP contribution < -0.4 is 5.32 Å². The van der Waals surface area contributed by atoms with Crippen LogP contribution >= 0.6 is 27.5 Å². The molecular weight excluding hydrogens is 314 g/mol. The van der Waals surface area contributed by atoms with E-state index in [4.69, 9.17) is 16.3 Å². The lowest BCUT2D eigenvalue weighted by Crippen LogP contribution is -2.42. The van der Waals surface area contributed by atoms with Crippen molar-refractivity contribution in [3.8, 4) is 0 Å². The molecule has 2 nitrogen and oxygen atoms in total. The van der Waals surface area contributed by atoms with Crippen molar-refractivity contribution >= 4 is 27.5 Å². The minimum absolute atomic E-state index is 0.287. The number of nitrogens with one attached hydrogen (secondary N) is 1. The number of hydrogen-bond donors (Lipinski definition) is 1. The Kier molecular flexibility index (Phi) is 5.07. The number of methoxy groups -OCH3 is 1. The van der Waals surface area contributed by atoms with Crippen LogP contribution in [0.3, 0.4) is 0 Å². The maximum absolute atomic E-state index is 6.28. The van der Waals surface area contributed by atoms with Gasteiger partial charge in [-0.05, 0) is 49.9 Å². The van der Waals surface area contributed by atoms with Crippen LogP contribution in [-0.2, 0) is 11.2 Å². The van der Waals surface area contributed by atoms with Gasteiger partial charge in [0.2, 0.25) is 0 Å². The fraction of sp³-hybridized carbons (Fsp3) is 0.571. The highest BCUT2D eigenvalue weighted by molar-refractivity contribution is 9.10. The molecule has 0 heterocycles. The molecule has 0 amide bonds. The molecule has 2 atom stereocenters. The number of ether oxygens (including phenoxy) is 1. The highest BCUT2D eigenvalue weighted by Gasteiger charge is 2.36. The Balaban J connectivity index is 2.09. The maximum atomic E-state index is 6.28. The van der Waals surface area contributed by atoms with Crippen LogP contribution in [0.5, 0.6) is 0 Å². The number of hydrogen-bond acceptors (Lipinski definition) is 2. The second-order valence-electron chi connectivity index (χ2n) is 4.87. The van der Waals surface area contributed by atoms with Crippen LogP contribution in [0.25, 0.3) is 0 Å². The van der Waals surface area contributed by atoms with Crippen molar-refractivity contribution < 1.29 is 4.74 Å². The molecule has 1 aliphatic rings. The number of halogens is 2. The third-order valence-electron chi connectivity index (χ3n) is 3.58. The molecule has 0 radical (unpaired) electrons. The second kappa shape index (κ2) is 6.38. The quantitative estimate of drug-likeness (QED) is 0.858. The van der Waals surface area contributed by atoms with Gasteiger partial charge in [0.05, 0.1) is 6.10 Å².